The molecule has 0 aliphatic carbocycles. The van der Waals surface area contributed by atoms with Gasteiger partial charge in [0.05, 0.1) is 5.71 Å². The summed E-state index contributed by atoms with van der Waals surface area (Å²) in [7, 11) is -3.95. The number of para-hydroxylation sites is 1. The molecule has 21 heavy (non-hydrogen) atoms. The fourth-order valence-electron chi connectivity index (χ4n) is 1.96. The molecule has 0 atom stereocenters. The lowest BCUT2D eigenvalue weighted by Gasteiger charge is -2.14. The standard InChI is InChI=1S/C15H10ClNO3S/c16-12-5-3-4-11(10-12)8-9-14-13-6-1-2-7-15(13)20-21(18,19)17-14/h1-10H. The molecule has 1 aliphatic heterocycles. The zero-order valence-electron chi connectivity index (χ0n) is 10.7. The van der Waals surface area contributed by atoms with Gasteiger partial charge >= 0.3 is 10.3 Å². The van der Waals surface area contributed by atoms with E-state index < -0.39 is 10.3 Å². The van der Waals surface area contributed by atoms with E-state index >= 15 is 0 Å². The first-order valence-electron chi connectivity index (χ1n) is 6.11. The summed E-state index contributed by atoms with van der Waals surface area (Å²) in [5, 5.41) is 0.610. The van der Waals surface area contributed by atoms with Gasteiger partial charge in [0.2, 0.25) is 0 Å². The molecule has 0 aromatic heterocycles. The Kier molecular flexibility index (Phi) is 3.53. The molecule has 106 valence electrons. The molecule has 0 fully saturated rings. The highest BCUT2D eigenvalue weighted by Crippen LogP contribution is 2.26. The molecule has 0 unspecified atom stereocenters. The summed E-state index contributed by atoms with van der Waals surface area (Å²) in [6.07, 6.45) is 3.38. The van der Waals surface area contributed by atoms with Crippen LogP contribution in [0.5, 0.6) is 5.75 Å². The van der Waals surface area contributed by atoms with E-state index in [1.165, 1.54) is 0 Å². The summed E-state index contributed by atoms with van der Waals surface area (Å²) in [5.74, 6) is 0.276. The topological polar surface area (TPSA) is 55.7 Å². The van der Waals surface area contributed by atoms with Crippen LogP contribution in [0.4, 0.5) is 0 Å². The van der Waals surface area contributed by atoms with Crippen molar-refractivity contribution in [3.8, 4) is 5.75 Å². The van der Waals surface area contributed by atoms with Gasteiger partial charge in [-0.2, -0.15) is 8.42 Å². The minimum atomic E-state index is -3.95. The van der Waals surface area contributed by atoms with Crippen LogP contribution >= 0.6 is 11.6 Å². The molecule has 0 bridgehead atoms. The Morgan fingerprint density at radius 1 is 1.05 bits per heavy atom. The van der Waals surface area contributed by atoms with E-state index in [9.17, 15) is 8.42 Å². The molecular weight excluding hydrogens is 310 g/mol. The number of benzene rings is 2. The number of rotatable bonds is 2. The van der Waals surface area contributed by atoms with Crippen LogP contribution in [0.3, 0.4) is 0 Å². The minimum absolute atomic E-state index is 0.276. The van der Waals surface area contributed by atoms with Crippen LogP contribution in [-0.4, -0.2) is 14.1 Å². The summed E-state index contributed by atoms with van der Waals surface area (Å²) < 4.78 is 31.7. The second-order valence-electron chi connectivity index (χ2n) is 4.37. The quantitative estimate of drug-likeness (QED) is 0.851. The summed E-state index contributed by atoms with van der Waals surface area (Å²) in [4.78, 5) is 0. The Hall–Kier alpha value is -2.11. The molecule has 0 N–H and O–H groups in total. The van der Waals surface area contributed by atoms with E-state index in [0.29, 0.717) is 16.3 Å². The van der Waals surface area contributed by atoms with Crippen molar-refractivity contribution in [3.63, 3.8) is 0 Å². The van der Waals surface area contributed by atoms with Gasteiger partial charge in [-0.25, -0.2) is 0 Å². The molecule has 0 saturated carbocycles. The summed E-state index contributed by atoms with van der Waals surface area (Å²) in [5.41, 5.74) is 1.81. The van der Waals surface area contributed by atoms with Crippen LogP contribution in [0.25, 0.3) is 6.08 Å². The summed E-state index contributed by atoms with van der Waals surface area (Å²) in [6.45, 7) is 0. The fraction of sp³-hybridized carbons (Fsp3) is 0. The molecule has 1 aliphatic rings. The molecule has 3 rings (SSSR count). The first kappa shape index (κ1) is 13.9. The smallest absolute Gasteiger partial charge is 0.365 e. The highest BCUT2D eigenvalue weighted by Gasteiger charge is 2.22. The largest absolute Gasteiger partial charge is 0.429 e. The lowest BCUT2D eigenvalue weighted by Crippen LogP contribution is -2.17. The number of fused-ring (bicyclic) bond motifs is 1. The van der Waals surface area contributed by atoms with Gasteiger partial charge in [0.25, 0.3) is 0 Å². The van der Waals surface area contributed by atoms with Crippen molar-refractivity contribution in [3.05, 3.63) is 70.8 Å². The van der Waals surface area contributed by atoms with Crippen molar-refractivity contribution in [1.82, 2.24) is 0 Å². The fourth-order valence-corrected chi connectivity index (χ4v) is 2.97. The molecule has 0 radical (unpaired) electrons. The van der Waals surface area contributed by atoms with Crippen LogP contribution in [0.1, 0.15) is 11.1 Å². The molecule has 4 nitrogen and oxygen atoms in total. The molecule has 0 spiro atoms. The van der Waals surface area contributed by atoms with Gasteiger partial charge in [0, 0.05) is 10.6 Å². The molecule has 1 heterocycles. The van der Waals surface area contributed by atoms with E-state index in [0.717, 1.165) is 5.56 Å². The van der Waals surface area contributed by atoms with Crippen LogP contribution < -0.4 is 4.18 Å². The summed E-state index contributed by atoms with van der Waals surface area (Å²) in [6, 6.07) is 14.1. The van der Waals surface area contributed by atoms with Crippen LogP contribution in [0.2, 0.25) is 5.02 Å². The SMILES string of the molecule is O=S1(=O)N=C(C=Cc2cccc(Cl)c2)c2ccccc2O1. The molecular formula is C15H10ClNO3S. The van der Waals surface area contributed by atoms with Crippen LogP contribution in [-0.2, 0) is 10.3 Å². The van der Waals surface area contributed by atoms with Crippen molar-refractivity contribution < 1.29 is 12.6 Å². The highest BCUT2D eigenvalue weighted by atomic mass is 35.5. The zero-order chi connectivity index (χ0) is 14.9. The van der Waals surface area contributed by atoms with Crippen molar-refractivity contribution >= 4 is 33.7 Å². The third-order valence-corrected chi connectivity index (χ3v) is 3.90. The Morgan fingerprint density at radius 2 is 1.86 bits per heavy atom. The van der Waals surface area contributed by atoms with E-state index in [1.54, 1.807) is 48.6 Å². The van der Waals surface area contributed by atoms with E-state index in [2.05, 4.69) is 4.40 Å². The van der Waals surface area contributed by atoms with Gasteiger partial charge in [-0.05, 0) is 35.9 Å². The Labute approximate surface area is 127 Å². The molecule has 0 amide bonds. The highest BCUT2D eigenvalue weighted by molar-refractivity contribution is 7.86. The third-order valence-electron chi connectivity index (χ3n) is 2.85. The zero-order valence-corrected chi connectivity index (χ0v) is 12.3. The lowest BCUT2D eigenvalue weighted by atomic mass is 10.1. The van der Waals surface area contributed by atoms with Crippen molar-refractivity contribution in [2.24, 2.45) is 4.40 Å². The number of hydrogen-bond acceptors (Lipinski definition) is 3. The maximum atomic E-state index is 11.6. The van der Waals surface area contributed by atoms with E-state index in [4.69, 9.17) is 15.8 Å². The average molecular weight is 320 g/mol. The second-order valence-corrected chi connectivity index (χ2v) is 6.01. The average Bonchev–Trinajstić information content (AvgIpc) is 2.44. The van der Waals surface area contributed by atoms with Crippen molar-refractivity contribution in [2.75, 3.05) is 0 Å². The van der Waals surface area contributed by atoms with Crippen molar-refractivity contribution in [1.29, 1.82) is 0 Å². The molecule has 6 heteroatoms. The molecule has 2 aromatic rings. The van der Waals surface area contributed by atoms with Crippen LogP contribution in [0.15, 0.2) is 59.0 Å². The number of hydrogen-bond donors (Lipinski definition) is 0. The van der Waals surface area contributed by atoms with Gasteiger partial charge in [-0.1, -0.05) is 41.9 Å². The van der Waals surface area contributed by atoms with E-state index in [1.807, 2.05) is 12.1 Å². The Balaban J connectivity index is 2.02. The monoisotopic (exact) mass is 319 g/mol. The maximum Gasteiger partial charge on any atom is 0.429 e. The Bertz CT molecular complexity index is 857. The van der Waals surface area contributed by atoms with Crippen molar-refractivity contribution in [2.45, 2.75) is 0 Å². The molecule has 0 saturated heterocycles. The van der Waals surface area contributed by atoms with E-state index in [-0.39, 0.29) is 5.75 Å². The van der Waals surface area contributed by atoms with Gasteiger partial charge in [0.1, 0.15) is 0 Å². The third kappa shape index (κ3) is 3.15. The van der Waals surface area contributed by atoms with Gasteiger partial charge in [-0.3, -0.25) is 0 Å². The van der Waals surface area contributed by atoms with Gasteiger partial charge in [0.15, 0.2) is 5.75 Å². The second kappa shape index (κ2) is 5.35. The predicted octanol–water partition coefficient (Wildman–Crippen LogP) is 3.48. The van der Waals surface area contributed by atoms with Gasteiger partial charge < -0.3 is 4.18 Å². The maximum absolute atomic E-state index is 11.6. The lowest BCUT2D eigenvalue weighted by molar-refractivity contribution is 0.485. The minimum Gasteiger partial charge on any atom is -0.365 e. The number of halogens is 1. The predicted molar refractivity (Wildman–Crippen MR) is 83.0 cm³/mol. The Morgan fingerprint density at radius 3 is 2.67 bits per heavy atom. The summed E-state index contributed by atoms with van der Waals surface area (Å²) >= 11 is 5.91. The normalized spacial score (nSPS) is 16.1. The number of allylic oxidation sites excluding steroid dienone is 1. The van der Waals surface area contributed by atoms with Crippen LogP contribution in [0, 0.1) is 0 Å². The first-order chi connectivity index (χ1) is 10.0. The first-order valence-corrected chi connectivity index (χ1v) is 7.85. The number of nitrogens with zero attached hydrogens (tertiary/aromatic N) is 1. The molecule has 2 aromatic carbocycles. The van der Waals surface area contributed by atoms with Gasteiger partial charge in [-0.15, -0.1) is 4.40 Å².